The van der Waals surface area contributed by atoms with E-state index in [0.717, 1.165) is 32.1 Å². The van der Waals surface area contributed by atoms with E-state index in [9.17, 15) is 8.42 Å². The van der Waals surface area contributed by atoms with E-state index in [2.05, 4.69) is 37.4 Å². The summed E-state index contributed by atoms with van der Waals surface area (Å²) >= 11 is 0. The highest BCUT2D eigenvalue weighted by Gasteiger charge is 2.41. The number of fused-ring (bicyclic) bond motifs is 1. The lowest BCUT2D eigenvalue weighted by Crippen LogP contribution is -2.46. The van der Waals surface area contributed by atoms with Crippen molar-refractivity contribution in [2.45, 2.75) is 69.2 Å². The first-order valence-electron chi connectivity index (χ1n) is 9.31. The van der Waals surface area contributed by atoms with E-state index in [1.807, 2.05) is 0 Å². The van der Waals surface area contributed by atoms with Gasteiger partial charge in [0, 0.05) is 25.2 Å². The monoisotopic (exact) mass is 348 g/mol. The number of sulfonamides is 1. The molecule has 5 heteroatoms. The summed E-state index contributed by atoms with van der Waals surface area (Å²) in [7, 11) is -3.00. The van der Waals surface area contributed by atoms with E-state index < -0.39 is 10.0 Å². The predicted octanol–water partition coefficient (Wildman–Crippen LogP) is 3.09. The molecule has 24 heavy (non-hydrogen) atoms. The molecular formula is C19H28N2O2S. The molecule has 1 heterocycles. The Morgan fingerprint density at radius 1 is 1.12 bits per heavy atom. The van der Waals surface area contributed by atoms with Gasteiger partial charge in [-0.25, -0.2) is 12.7 Å². The zero-order valence-corrected chi connectivity index (χ0v) is 15.5. The molecule has 1 saturated carbocycles. The highest BCUT2D eigenvalue weighted by Crippen LogP contribution is 2.42. The number of aryl methyl sites for hydroxylation is 1. The van der Waals surface area contributed by atoms with Gasteiger partial charge in [0.05, 0.1) is 5.25 Å². The van der Waals surface area contributed by atoms with E-state index in [-0.39, 0.29) is 5.25 Å². The van der Waals surface area contributed by atoms with Crippen LogP contribution in [0.1, 0.15) is 67.7 Å². The molecule has 0 radical (unpaired) electrons. The van der Waals surface area contributed by atoms with Crippen LogP contribution in [-0.2, 0) is 10.0 Å². The van der Waals surface area contributed by atoms with Gasteiger partial charge in [-0.15, -0.1) is 0 Å². The average Bonchev–Trinajstić information content (AvgIpc) is 3.35. The zero-order chi connectivity index (χ0) is 16.9. The molecule has 0 aromatic heterocycles. The number of nitrogens with one attached hydrogen (secondary N) is 1. The van der Waals surface area contributed by atoms with Gasteiger partial charge < -0.3 is 5.32 Å². The Balaban J connectivity index is 1.39. The van der Waals surface area contributed by atoms with Crippen molar-refractivity contribution >= 4 is 10.0 Å². The Morgan fingerprint density at radius 2 is 1.83 bits per heavy atom. The average molecular weight is 349 g/mol. The van der Waals surface area contributed by atoms with Gasteiger partial charge in [0.1, 0.15) is 0 Å². The first-order chi connectivity index (χ1) is 11.5. The first-order valence-corrected chi connectivity index (χ1v) is 10.8. The quantitative estimate of drug-likeness (QED) is 0.910. The van der Waals surface area contributed by atoms with Crippen molar-refractivity contribution in [3.8, 4) is 0 Å². The molecule has 0 spiro atoms. The Labute approximate surface area is 145 Å². The summed E-state index contributed by atoms with van der Waals surface area (Å²) in [5.74, 6) is 0.606. The van der Waals surface area contributed by atoms with Crippen molar-refractivity contribution in [1.29, 1.82) is 0 Å². The van der Waals surface area contributed by atoms with Crippen LogP contribution >= 0.6 is 0 Å². The fourth-order valence-electron chi connectivity index (χ4n) is 4.57. The molecule has 1 aliphatic heterocycles. The summed E-state index contributed by atoms with van der Waals surface area (Å²) in [4.78, 5) is 0. The Hall–Kier alpha value is -0.910. The molecule has 1 aromatic rings. The molecular weight excluding hydrogens is 320 g/mol. The smallest absolute Gasteiger partial charge is 0.216 e. The maximum atomic E-state index is 12.3. The molecule has 132 valence electrons. The van der Waals surface area contributed by atoms with Crippen LogP contribution in [0.5, 0.6) is 0 Å². The van der Waals surface area contributed by atoms with Crippen LogP contribution in [0.15, 0.2) is 18.2 Å². The molecule has 0 amide bonds. The second kappa shape index (κ2) is 6.11. The van der Waals surface area contributed by atoms with Crippen molar-refractivity contribution in [3.63, 3.8) is 0 Å². The number of benzene rings is 1. The first kappa shape index (κ1) is 16.6. The van der Waals surface area contributed by atoms with Crippen LogP contribution in [0.3, 0.4) is 0 Å². The molecule has 2 aliphatic carbocycles. The fourth-order valence-corrected chi connectivity index (χ4v) is 6.45. The van der Waals surface area contributed by atoms with Crippen LogP contribution in [0, 0.1) is 6.92 Å². The fraction of sp³-hybridized carbons (Fsp3) is 0.684. The Bertz CT molecular complexity index is 719. The highest BCUT2D eigenvalue weighted by atomic mass is 32.2. The van der Waals surface area contributed by atoms with Crippen molar-refractivity contribution in [1.82, 2.24) is 9.62 Å². The minimum atomic E-state index is -3.00. The summed E-state index contributed by atoms with van der Waals surface area (Å²) in [5, 5.41) is 3.75. The molecule has 4 rings (SSSR count). The van der Waals surface area contributed by atoms with Crippen LogP contribution in [0.4, 0.5) is 0 Å². The van der Waals surface area contributed by atoms with Gasteiger partial charge in [-0.1, -0.05) is 25.1 Å². The van der Waals surface area contributed by atoms with Crippen molar-refractivity contribution < 1.29 is 8.42 Å². The largest absolute Gasteiger partial charge is 0.307 e. The molecule has 1 aromatic carbocycles. The van der Waals surface area contributed by atoms with Gasteiger partial charge in [0.2, 0.25) is 10.0 Å². The van der Waals surface area contributed by atoms with Crippen molar-refractivity contribution in [2.75, 3.05) is 13.1 Å². The number of nitrogens with zero attached hydrogens (tertiary/aromatic N) is 1. The minimum absolute atomic E-state index is 0.0763. The second-order valence-electron chi connectivity index (χ2n) is 7.85. The van der Waals surface area contributed by atoms with Gasteiger partial charge in [0.25, 0.3) is 0 Å². The molecule has 0 unspecified atom stereocenters. The van der Waals surface area contributed by atoms with Crippen molar-refractivity contribution in [2.24, 2.45) is 0 Å². The molecule has 4 nitrogen and oxygen atoms in total. The summed E-state index contributed by atoms with van der Waals surface area (Å²) in [6.07, 6.45) is 4.73. The van der Waals surface area contributed by atoms with Crippen LogP contribution in [0.2, 0.25) is 0 Å². The normalized spacial score (nSPS) is 28.9. The van der Waals surface area contributed by atoms with Gasteiger partial charge >= 0.3 is 0 Å². The number of hydrogen-bond acceptors (Lipinski definition) is 3. The lowest BCUT2D eigenvalue weighted by molar-refractivity contribution is 0.271. The lowest BCUT2D eigenvalue weighted by atomic mass is 9.98. The third-order valence-corrected chi connectivity index (χ3v) is 8.41. The molecule has 1 N–H and O–H groups in total. The SMILES string of the molecule is Cc1cccc2c1[C@H](C)C[C@H]2NC1CCN(S(=O)(=O)C2CC2)CC1. The topological polar surface area (TPSA) is 49.4 Å². The van der Waals surface area contributed by atoms with E-state index in [4.69, 9.17) is 0 Å². The Morgan fingerprint density at radius 3 is 2.50 bits per heavy atom. The van der Waals surface area contributed by atoms with E-state index in [0.29, 0.717) is 31.1 Å². The minimum Gasteiger partial charge on any atom is -0.307 e. The van der Waals surface area contributed by atoms with Gasteiger partial charge in [-0.05, 0) is 61.6 Å². The Kier molecular flexibility index (Phi) is 4.22. The summed E-state index contributed by atoms with van der Waals surface area (Å²) in [5.41, 5.74) is 4.37. The third kappa shape index (κ3) is 2.91. The highest BCUT2D eigenvalue weighted by molar-refractivity contribution is 7.90. The van der Waals surface area contributed by atoms with E-state index in [1.165, 1.54) is 16.7 Å². The molecule has 3 aliphatic rings. The number of rotatable bonds is 4. The molecule has 2 fully saturated rings. The maximum Gasteiger partial charge on any atom is 0.216 e. The summed E-state index contributed by atoms with van der Waals surface area (Å²) < 4.78 is 26.4. The van der Waals surface area contributed by atoms with E-state index >= 15 is 0 Å². The molecule has 0 bridgehead atoms. The number of hydrogen-bond donors (Lipinski definition) is 1. The van der Waals surface area contributed by atoms with E-state index in [1.54, 1.807) is 4.31 Å². The number of piperidine rings is 1. The maximum absolute atomic E-state index is 12.3. The van der Waals surface area contributed by atoms with Crippen LogP contribution < -0.4 is 5.32 Å². The zero-order valence-electron chi connectivity index (χ0n) is 14.7. The predicted molar refractivity (Wildman–Crippen MR) is 96.6 cm³/mol. The second-order valence-corrected chi connectivity index (χ2v) is 10.1. The summed E-state index contributed by atoms with van der Waals surface area (Å²) in [6, 6.07) is 7.48. The molecule has 2 atom stereocenters. The van der Waals surface area contributed by atoms with Gasteiger partial charge in [0.15, 0.2) is 0 Å². The van der Waals surface area contributed by atoms with Crippen LogP contribution in [0.25, 0.3) is 0 Å². The lowest BCUT2D eigenvalue weighted by Gasteiger charge is -2.33. The van der Waals surface area contributed by atoms with Crippen LogP contribution in [-0.4, -0.2) is 37.1 Å². The van der Waals surface area contributed by atoms with Crippen molar-refractivity contribution in [3.05, 3.63) is 34.9 Å². The van der Waals surface area contributed by atoms with Gasteiger partial charge in [-0.3, -0.25) is 0 Å². The summed E-state index contributed by atoms with van der Waals surface area (Å²) in [6.45, 7) is 5.89. The van der Waals surface area contributed by atoms with Gasteiger partial charge in [-0.2, -0.15) is 0 Å². The standard InChI is InChI=1S/C19H28N2O2S/c1-13-4-3-5-17-18(12-14(2)19(13)17)20-15-8-10-21(11-9-15)24(22,23)16-6-7-16/h3-5,14-16,18,20H,6-12H2,1-2H3/t14-,18-/m1/s1. The third-order valence-electron chi connectivity index (χ3n) is 6.01. The molecule has 1 saturated heterocycles.